The van der Waals surface area contributed by atoms with Gasteiger partial charge >= 0.3 is 0 Å². The summed E-state index contributed by atoms with van der Waals surface area (Å²) in [6, 6.07) is 65.9. The molecule has 0 spiro atoms. The fraction of sp³-hybridized carbons (Fsp3) is 0.0455. The molecule has 46 heavy (non-hydrogen) atoms. The highest BCUT2D eigenvalue weighted by Crippen LogP contribution is 2.60. The first-order chi connectivity index (χ1) is 22.7. The highest BCUT2D eigenvalue weighted by Gasteiger charge is 2.52. The Morgan fingerprint density at radius 2 is 0.674 bits per heavy atom. The van der Waals surface area contributed by atoms with Gasteiger partial charge < -0.3 is 4.74 Å². The van der Waals surface area contributed by atoms with E-state index >= 15 is 0 Å². The summed E-state index contributed by atoms with van der Waals surface area (Å²) in [7, 11) is -0.711. The average Bonchev–Trinajstić information content (AvgIpc) is 3.14. The zero-order valence-electron chi connectivity index (χ0n) is 26.2. The molecule has 0 heterocycles. The van der Waals surface area contributed by atoms with Crippen molar-refractivity contribution in [2.24, 2.45) is 0 Å². The van der Waals surface area contributed by atoms with E-state index in [9.17, 15) is 0 Å². The Morgan fingerprint density at radius 1 is 0.370 bits per heavy atom. The zero-order chi connectivity index (χ0) is 31.3. The van der Waals surface area contributed by atoms with E-state index in [0.29, 0.717) is 0 Å². The summed E-state index contributed by atoms with van der Waals surface area (Å²) in [5, 5.41) is 5.29. The van der Waals surface area contributed by atoms with Crippen LogP contribution < -0.4 is 26.0 Å². The number of benzene rings is 7. The molecule has 0 saturated carbocycles. The Kier molecular flexibility index (Phi) is 8.34. The van der Waals surface area contributed by atoms with Crippen molar-refractivity contribution in [3.63, 3.8) is 0 Å². The molecule has 7 rings (SSSR count). The zero-order valence-corrected chi connectivity index (χ0v) is 27.1. The van der Waals surface area contributed by atoms with E-state index in [2.05, 4.69) is 189 Å². The Morgan fingerprint density at radius 3 is 1.02 bits per heavy atom. The maximum atomic E-state index is 6.53. The lowest BCUT2D eigenvalue weighted by atomic mass is 9.86. The molecule has 0 atom stereocenters. The van der Waals surface area contributed by atoms with Gasteiger partial charge in [-0.3, -0.25) is 0 Å². The maximum Gasteiger partial charge on any atom is 0.145 e. The minimum Gasteiger partial charge on any atom is -0.495 e. The second-order valence-electron chi connectivity index (χ2n) is 11.4. The van der Waals surface area contributed by atoms with E-state index in [1.807, 2.05) is 7.11 Å². The van der Waals surface area contributed by atoms with Gasteiger partial charge in [-0.1, -0.05) is 146 Å². The van der Waals surface area contributed by atoms with Gasteiger partial charge in [-0.2, -0.15) is 0 Å². The third kappa shape index (κ3) is 5.04. The van der Waals surface area contributed by atoms with Crippen molar-refractivity contribution >= 4 is 28.5 Å². The molecule has 0 bridgehead atoms. The first-order valence-electron chi connectivity index (χ1n) is 15.7. The lowest BCUT2D eigenvalue weighted by Crippen LogP contribution is -2.41. The molecule has 0 aromatic heterocycles. The fourth-order valence-electron chi connectivity index (χ4n) is 6.96. The molecule has 0 aliphatic heterocycles. The quantitative estimate of drug-likeness (QED) is 0.156. The van der Waals surface area contributed by atoms with Crippen LogP contribution in [0.3, 0.4) is 0 Å². The smallest absolute Gasteiger partial charge is 0.145 e. The molecular formula is C44H36OP+. The van der Waals surface area contributed by atoms with Crippen LogP contribution in [0, 0.1) is 6.92 Å². The van der Waals surface area contributed by atoms with Crippen LogP contribution in [0.5, 0.6) is 5.75 Å². The van der Waals surface area contributed by atoms with Gasteiger partial charge in [0, 0.05) is 22.3 Å². The van der Waals surface area contributed by atoms with Crippen molar-refractivity contribution in [3.8, 4) is 39.1 Å². The van der Waals surface area contributed by atoms with Gasteiger partial charge in [0.15, 0.2) is 0 Å². The van der Waals surface area contributed by atoms with E-state index in [0.717, 1.165) is 28.0 Å². The van der Waals surface area contributed by atoms with Crippen molar-refractivity contribution in [1.82, 2.24) is 0 Å². The van der Waals surface area contributed by atoms with Gasteiger partial charge in [0.25, 0.3) is 0 Å². The molecule has 0 amide bonds. The van der Waals surface area contributed by atoms with E-state index in [4.69, 9.17) is 4.74 Å². The van der Waals surface area contributed by atoms with Crippen molar-refractivity contribution in [2.75, 3.05) is 7.11 Å². The molecule has 0 fully saturated rings. The summed E-state index contributed by atoms with van der Waals surface area (Å²) in [5.74, 6) is 0.893. The molecule has 0 radical (unpaired) electrons. The van der Waals surface area contributed by atoms with Crippen LogP contribution in [0.15, 0.2) is 182 Å². The van der Waals surface area contributed by atoms with Crippen molar-refractivity contribution in [2.45, 2.75) is 6.92 Å². The van der Waals surface area contributed by atoms with Crippen molar-refractivity contribution < 1.29 is 4.74 Å². The number of rotatable bonds is 8. The average molecular weight is 612 g/mol. The largest absolute Gasteiger partial charge is 0.495 e. The lowest BCUT2D eigenvalue weighted by Gasteiger charge is -2.33. The summed E-state index contributed by atoms with van der Waals surface area (Å²) >= 11 is 0. The molecule has 2 heteroatoms. The predicted octanol–water partition coefficient (Wildman–Crippen LogP) is 9.62. The maximum absolute atomic E-state index is 6.53. The fourth-order valence-corrected chi connectivity index (χ4v) is 11.7. The van der Waals surface area contributed by atoms with Gasteiger partial charge in [-0.25, -0.2) is 0 Å². The van der Waals surface area contributed by atoms with Gasteiger partial charge in [-0.05, 0) is 60.0 Å². The minimum absolute atomic E-state index is 0.893. The number of methoxy groups -OCH3 is 1. The van der Waals surface area contributed by atoms with E-state index < -0.39 is 7.26 Å². The number of hydrogen-bond donors (Lipinski definition) is 0. The monoisotopic (exact) mass is 611 g/mol. The molecule has 222 valence electrons. The molecule has 0 aliphatic carbocycles. The van der Waals surface area contributed by atoms with Crippen LogP contribution in [-0.2, 0) is 0 Å². The van der Waals surface area contributed by atoms with Gasteiger partial charge in [0.1, 0.15) is 34.2 Å². The lowest BCUT2D eigenvalue weighted by molar-refractivity contribution is 0.418. The summed E-state index contributed by atoms with van der Waals surface area (Å²) in [6.07, 6.45) is 0. The Labute approximate surface area is 273 Å². The minimum atomic E-state index is -2.53. The summed E-state index contributed by atoms with van der Waals surface area (Å²) < 4.78 is 6.53. The van der Waals surface area contributed by atoms with Crippen LogP contribution in [0.2, 0.25) is 0 Å². The van der Waals surface area contributed by atoms with Crippen LogP contribution in [0.4, 0.5) is 0 Å². The topological polar surface area (TPSA) is 9.23 Å². The highest BCUT2D eigenvalue weighted by atomic mass is 31.2. The van der Waals surface area contributed by atoms with Crippen LogP contribution in [0.1, 0.15) is 5.56 Å². The number of ether oxygens (including phenoxy) is 1. The van der Waals surface area contributed by atoms with Crippen molar-refractivity contribution in [3.05, 3.63) is 188 Å². The molecule has 7 aromatic carbocycles. The Hall–Kier alpha value is -5.23. The molecule has 0 saturated heterocycles. The van der Waals surface area contributed by atoms with Crippen LogP contribution in [0.25, 0.3) is 33.4 Å². The third-order valence-electron chi connectivity index (χ3n) is 8.83. The third-order valence-corrected chi connectivity index (χ3v) is 13.3. The van der Waals surface area contributed by atoms with Crippen molar-refractivity contribution in [1.29, 1.82) is 0 Å². The number of hydrogen-bond acceptors (Lipinski definition) is 1. The summed E-state index contributed by atoms with van der Waals surface area (Å²) in [6.45, 7) is 2.31. The summed E-state index contributed by atoms with van der Waals surface area (Å²) in [4.78, 5) is 0. The molecule has 0 unspecified atom stereocenters. The first-order valence-corrected chi connectivity index (χ1v) is 17.5. The molecular weight excluding hydrogens is 575 g/mol. The van der Waals surface area contributed by atoms with Crippen LogP contribution >= 0.6 is 7.26 Å². The Balaban J connectivity index is 1.81. The molecule has 0 aliphatic rings. The molecule has 7 aromatic rings. The molecule has 0 N–H and O–H groups in total. The highest BCUT2D eigenvalue weighted by molar-refractivity contribution is 8.01. The van der Waals surface area contributed by atoms with Gasteiger partial charge in [-0.15, -0.1) is 0 Å². The van der Waals surface area contributed by atoms with Gasteiger partial charge in [0.05, 0.1) is 7.11 Å². The van der Waals surface area contributed by atoms with E-state index in [1.165, 1.54) is 37.9 Å². The van der Waals surface area contributed by atoms with Gasteiger partial charge in [0.2, 0.25) is 0 Å². The first kappa shape index (κ1) is 29.5. The van der Waals surface area contributed by atoms with E-state index in [1.54, 1.807) is 0 Å². The standard InChI is InChI=1S/C44H36OP/c1-33-40(34-21-9-3-10-22-34)43(45-2)41(35-23-11-4-12-24-35)42(36-25-13-5-14-26-36)44(33)46(37-27-15-6-16-28-37,38-29-17-7-18-30-38)39-31-19-8-20-32-39/h3-32H,1-2H3/q+1. The normalized spacial score (nSPS) is 11.3. The predicted molar refractivity (Wildman–Crippen MR) is 199 cm³/mol. The molecule has 1 nitrogen and oxygen atoms in total. The van der Waals surface area contributed by atoms with Crippen LogP contribution in [-0.4, -0.2) is 7.11 Å². The Bertz CT molecular complexity index is 1950. The van der Waals surface area contributed by atoms with E-state index in [-0.39, 0.29) is 0 Å². The second kappa shape index (κ2) is 13.0. The second-order valence-corrected chi connectivity index (χ2v) is 14.7. The SMILES string of the molecule is COc1c(-c2ccccc2)c(C)c([P+](c2ccccc2)(c2ccccc2)c2ccccc2)c(-c2ccccc2)c1-c1ccccc1. The summed E-state index contributed by atoms with van der Waals surface area (Å²) in [5.41, 5.74) is 8.12.